The average molecular weight is 491 g/mol. The normalized spacial score (nSPS) is 10.9. The third-order valence-electron chi connectivity index (χ3n) is 5.97. The van der Waals surface area contributed by atoms with Crippen molar-refractivity contribution in [2.75, 3.05) is 12.4 Å². The van der Waals surface area contributed by atoms with Gasteiger partial charge in [-0.05, 0) is 48.4 Å². The number of hydrogen-bond acceptors (Lipinski definition) is 5. The molecular formula is C29H26N6O2. The lowest BCUT2D eigenvalue weighted by Gasteiger charge is -2.18. The summed E-state index contributed by atoms with van der Waals surface area (Å²) < 4.78 is 1.64. The fourth-order valence-corrected chi connectivity index (χ4v) is 4.20. The molecule has 8 heteroatoms. The Bertz CT molecular complexity index is 1590. The summed E-state index contributed by atoms with van der Waals surface area (Å²) in [5.41, 5.74) is 6.51. The molecule has 2 amide bonds. The molecule has 0 unspecified atom stereocenters. The van der Waals surface area contributed by atoms with Crippen LogP contribution in [-0.4, -0.2) is 43.5 Å². The first-order valence-electron chi connectivity index (χ1n) is 11.9. The Morgan fingerprint density at radius 3 is 2.57 bits per heavy atom. The molecule has 8 nitrogen and oxygen atoms in total. The number of aryl methyl sites for hydroxylation is 1. The number of hydrogen-bond donors (Lipinski definition) is 1. The number of rotatable bonds is 7. The van der Waals surface area contributed by atoms with E-state index in [1.807, 2.05) is 61.5 Å². The van der Waals surface area contributed by atoms with Gasteiger partial charge in [0.25, 0.3) is 5.91 Å². The van der Waals surface area contributed by atoms with Crippen LogP contribution in [0.2, 0.25) is 0 Å². The highest BCUT2D eigenvalue weighted by Crippen LogP contribution is 2.17. The van der Waals surface area contributed by atoms with E-state index in [0.717, 1.165) is 33.4 Å². The molecule has 3 aromatic carbocycles. The van der Waals surface area contributed by atoms with Crippen LogP contribution in [0.25, 0.3) is 16.7 Å². The quantitative estimate of drug-likeness (QED) is 0.361. The van der Waals surface area contributed by atoms with E-state index >= 15 is 0 Å². The first-order chi connectivity index (χ1) is 17.9. The van der Waals surface area contributed by atoms with Crippen molar-refractivity contribution in [2.45, 2.75) is 19.9 Å². The Labute approximate surface area is 214 Å². The zero-order valence-corrected chi connectivity index (χ0v) is 20.6. The molecule has 5 rings (SSSR count). The van der Waals surface area contributed by atoms with Crippen LogP contribution < -0.4 is 5.32 Å². The molecule has 0 saturated carbocycles. The van der Waals surface area contributed by atoms with E-state index in [1.54, 1.807) is 53.5 Å². The topological polar surface area (TPSA) is 93.0 Å². The molecule has 0 fully saturated rings. The van der Waals surface area contributed by atoms with Crippen molar-refractivity contribution in [3.63, 3.8) is 0 Å². The molecular weight excluding hydrogens is 464 g/mol. The van der Waals surface area contributed by atoms with E-state index < -0.39 is 0 Å². The smallest absolute Gasteiger partial charge is 0.253 e. The van der Waals surface area contributed by atoms with E-state index in [4.69, 9.17) is 0 Å². The van der Waals surface area contributed by atoms with E-state index in [1.165, 1.54) is 0 Å². The highest BCUT2D eigenvalue weighted by Gasteiger charge is 2.14. The van der Waals surface area contributed by atoms with E-state index in [2.05, 4.69) is 20.4 Å². The van der Waals surface area contributed by atoms with Gasteiger partial charge in [-0.15, -0.1) is 0 Å². The van der Waals surface area contributed by atoms with Crippen molar-refractivity contribution in [3.8, 4) is 5.69 Å². The van der Waals surface area contributed by atoms with Gasteiger partial charge in [0.2, 0.25) is 5.91 Å². The Balaban J connectivity index is 1.25. The minimum Gasteiger partial charge on any atom is -0.337 e. The predicted octanol–water partition coefficient (Wildman–Crippen LogP) is 4.58. The van der Waals surface area contributed by atoms with E-state index in [0.29, 0.717) is 17.8 Å². The minimum atomic E-state index is -0.115. The zero-order valence-electron chi connectivity index (χ0n) is 20.6. The summed E-state index contributed by atoms with van der Waals surface area (Å²) in [4.78, 5) is 35.9. The molecule has 0 bridgehead atoms. The lowest BCUT2D eigenvalue weighted by molar-refractivity contribution is -0.115. The molecule has 0 aliphatic rings. The van der Waals surface area contributed by atoms with Gasteiger partial charge in [-0.3, -0.25) is 19.6 Å². The molecule has 0 aliphatic heterocycles. The van der Waals surface area contributed by atoms with Gasteiger partial charge in [-0.1, -0.05) is 42.0 Å². The molecule has 184 valence electrons. The number of nitrogens with zero attached hydrogens (tertiary/aromatic N) is 5. The molecule has 0 radical (unpaired) electrons. The lowest BCUT2D eigenvalue weighted by Crippen LogP contribution is -2.26. The summed E-state index contributed by atoms with van der Waals surface area (Å²) in [6, 6.07) is 20.9. The number of carbonyl (C=O) groups is 2. The third kappa shape index (κ3) is 5.70. The number of anilines is 1. The van der Waals surface area contributed by atoms with Gasteiger partial charge in [0.05, 0.1) is 41.2 Å². The van der Waals surface area contributed by atoms with Crippen LogP contribution >= 0.6 is 0 Å². The van der Waals surface area contributed by atoms with Crippen LogP contribution in [0.3, 0.4) is 0 Å². The summed E-state index contributed by atoms with van der Waals surface area (Å²) in [5, 5.41) is 7.26. The van der Waals surface area contributed by atoms with Gasteiger partial charge < -0.3 is 10.2 Å². The minimum absolute atomic E-state index is 0.111. The lowest BCUT2D eigenvalue weighted by atomic mass is 10.1. The number of carbonyl (C=O) groups excluding carboxylic acids is 2. The standard InChI is InChI=1S/C29H26N6O2/c1-20-5-3-6-21(13-20)15-28(36)33-24-17-32-35(19-24)25-8-4-7-23(16-25)29(37)34(2)18-22-9-10-26-27(14-22)31-12-11-30-26/h3-14,16-17,19H,15,18H2,1-2H3,(H,33,36). The molecule has 0 spiro atoms. The Kier molecular flexibility index (Phi) is 6.72. The van der Waals surface area contributed by atoms with Gasteiger partial charge >= 0.3 is 0 Å². The Hall–Kier alpha value is -4.85. The van der Waals surface area contributed by atoms with Gasteiger partial charge in [0.15, 0.2) is 0 Å². The van der Waals surface area contributed by atoms with Crippen molar-refractivity contribution in [1.82, 2.24) is 24.6 Å². The second kappa shape index (κ2) is 10.4. The number of aromatic nitrogens is 4. The summed E-state index contributed by atoms with van der Waals surface area (Å²) in [7, 11) is 1.77. The molecule has 37 heavy (non-hydrogen) atoms. The molecule has 2 heterocycles. The maximum absolute atomic E-state index is 13.2. The van der Waals surface area contributed by atoms with Crippen LogP contribution in [0.1, 0.15) is 27.0 Å². The van der Waals surface area contributed by atoms with Gasteiger partial charge in [0.1, 0.15) is 0 Å². The summed E-state index contributed by atoms with van der Waals surface area (Å²) in [5.74, 6) is -0.227. The maximum atomic E-state index is 13.2. The van der Waals surface area contributed by atoms with Crippen LogP contribution in [-0.2, 0) is 17.8 Å². The molecule has 1 N–H and O–H groups in total. The first-order valence-corrected chi connectivity index (χ1v) is 11.9. The van der Waals surface area contributed by atoms with Gasteiger partial charge in [-0.2, -0.15) is 5.10 Å². The molecule has 0 saturated heterocycles. The van der Waals surface area contributed by atoms with Crippen LogP contribution in [0, 0.1) is 6.92 Å². The van der Waals surface area contributed by atoms with Crippen molar-refractivity contribution < 1.29 is 9.59 Å². The second-order valence-electron chi connectivity index (χ2n) is 8.98. The highest BCUT2D eigenvalue weighted by molar-refractivity contribution is 5.95. The van der Waals surface area contributed by atoms with Crippen molar-refractivity contribution in [2.24, 2.45) is 0 Å². The number of benzene rings is 3. The number of nitrogens with one attached hydrogen (secondary N) is 1. The van der Waals surface area contributed by atoms with E-state index in [-0.39, 0.29) is 18.2 Å². The summed E-state index contributed by atoms with van der Waals surface area (Å²) in [6.45, 7) is 2.44. The van der Waals surface area contributed by atoms with Gasteiger partial charge in [0, 0.05) is 31.5 Å². The maximum Gasteiger partial charge on any atom is 0.253 e. The summed E-state index contributed by atoms with van der Waals surface area (Å²) >= 11 is 0. The Morgan fingerprint density at radius 2 is 1.73 bits per heavy atom. The Morgan fingerprint density at radius 1 is 0.919 bits per heavy atom. The second-order valence-corrected chi connectivity index (χ2v) is 8.98. The van der Waals surface area contributed by atoms with E-state index in [9.17, 15) is 9.59 Å². The molecule has 0 atom stereocenters. The molecule has 0 aliphatic carbocycles. The fourth-order valence-electron chi connectivity index (χ4n) is 4.20. The highest BCUT2D eigenvalue weighted by atomic mass is 16.2. The van der Waals surface area contributed by atoms with Crippen molar-refractivity contribution >= 4 is 28.5 Å². The van der Waals surface area contributed by atoms with Crippen LogP contribution in [0.4, 0.5) is 5.69 Å². The van der Waals surface area contributed by atoms with Crippen molar-refractivity contribution in [1.29, 1.82) is 0 Å². The number of amides is 2. The SMILES string of the molecule is Cc1cccc(CC(=O)Nc2cnn(-c3cccc(C(=O)N(C)Cc4ccc5nccnc5c4)c3)c2)c1. The average Bonchev–Trinajstić information content (AvgIpc) is 3.36. The third-order valence-corrected chi connectivity index (χ3v) is 5.97. The number of fused-ring (bicyclic) bond motifs is 1. The zero-order chi connectivity index (χ0) is 25.8. The largest absolute Gasteiger partial charge is 0.337 e. The van der Waals surface area contributed by atoms with Crippen molar-refractivity contribution in [3.05, 3.63) is 114 Å². The van der Waals surface area contributed by atoms with Gasteiger partial charge in [-0.25, -0.2) is 4.68 Å². The summed E-state index contributed by atoms with van der Waals surface area (Å²) in [6.07, 6.45) is 6.93. The molecule has 5 aromatic rings. The van der Waals surface area contributed by atoms with Crippen LogP contribution in [0.15, 0.2) is 91.5 Å². The predicted molar refractivity (Wildman–Crippen MR) is 142 cm³/mol. The molecule has 2 aromatic heterocycles. The first kappa shape index (κ1) is 23.9. The fraction of sp³-hybridized carbons (Fsp3) is 0.138. The van der Waals surface area contributed by atoms with Crippen LogP contribution in [0.5, 0.6) is 0 Å². The monoisotopic (exact) mass is 490 g/mol.